The Morgan fingerprint density at radius 3 is 2.50 bits per heavy atom. The molecule has 0 radical (unpaired) electrons. The summed E-state index contributed by atoms with van der Waals surface area (Å²) in [5.41, 5.74) is 0.829. The fourth-order valence-corrected chi connectivity index (χ4v) is 4.57. The van der Waals surface area contributed by atoms with E-state index >= 15 is 0 Å². The van der Waals surface area contributed by atoms with Crippen LogP contribution in [0.15, 0.2) is 30.3 Å². The number of carbonyl (C=O) groups excluding carboxylic acids is 1. The molecule has 0 N–H and O–H groups in total. The van der Waals surface area contributed by atoms with Gasteiger partial charge < -0.3 is 18.8 Å². The highest BCUT2D eigenvalue weighted by Crippen LogP contribution is 2.40. The van der Waals surface area contributed by atoms with E-state index in [1.807, 2.05) is 35.2 Å². The van der Waals surface area contributed by atoms with Crippen LogP contribution >= 0.6 is 0 Å². The second-order valence-electron chi connectivity index (χ2n) is 9.71. The van der Waals surface area contributed by atoms with Crippen molar-refractivity contribution in [3.63, 3.8) is 0 Å². The Morgan fingerprint density at radius 2 is 1.93 bits per heavy atom. The highest BCUT2D eigenvalue weighted by atomic mass is 28.4. The number of benzene rings is 1. The normalized spacial score (nSPS) is 25.5. The summed E-state index contributed by atoms with van der Waals surface area (Å²) < 4.78 is 18.0. The van der Waals surface area contributed by atoms with Crippen molar-refractivity contribution in [2.24, 2.45) is 0 Å². The average molecular weight is 406 g/mol. The molecule has 2 saturated heterocycles. The molecular formula is C22H35NO4Si. The monoisotopic (exact) mass is 405 g/mol. The smallest absolute Gasteiger partial charge is 0.410 e. The van der Waals surface area contributed by atoms with Gasteiger partial charge in [-0.15, -0.1) is 0 Å². The fraction of sp³-hybridized carbons (Fsp3) is 0.682. The van der Waals surface area contributed by atoms with E-state index in [4.69, 9.17) is 13.9 Å². The third-order valence-electron chi connectivity index (χ3n) is 6.68. The van der Waals surface area contributed by atoms with Crippen molar-refractivity contribution in [1.29, 1.82) is 0 Å². The van der Waals surface area contributed by atoms with Gasteiger partial charge >= 0.3 is 6.09 Å². The van der Waals surface area contributed by atoms with Gasteiger partial charge in [0.2, 0.25) is 0 Å². The molecule has 1 aromatic carbocycles. The molecule has 6 heteroatoms. The minimum absolute atomic E-state index is 0.0484. The van der Waals surface area contributed by atoms with E-state index in [1.165, 1.54) is 0 Å². The minimum atomic E-state index is -1.86. The molecule has 2 fully saturated rings. The number of nitrogens with zero attached hydrogens (tertiary/aromatic N) is 1. The van der Waals surface area contributed by atoms with Gasteiger partial charge in [0.25, 0.3) is 0 Å². The molecule has 0 unspecified atom stereocenters. The van der Waals surface area contributed by atoms with Gasteiger partial charge in [0.15, 0.2) is 8.32 Å². The van der Waals surface area contributed by atoms with Crippen LogP contribution in [0.4, 0.5) is 4.79 Å². The number of piperidine rings is 1. The summed E-state index contributed by atoms with van der Waals surface area (Å²) in [7, 11) is -1.86. The number of amides is 1. The Bertz CT molecular complexity index is 667. The zero-order valence-electron chi connectivity index (χ0n) is 18.0. The van der Waals surface area contributed by atoms with Crippen LogP contribution in [0.25, 0.3) is 0 Å². The first kappa shape index (κ1) is 21.3. The van der Waals surface area contributed by atoms with Gasteiger partial charge in [0.05, 0.1) is 31.4 Å². The second-order valence-corrected chi connectivity index (χ2v) is 14.5. The summed E-state index contributed by atoms with van der Waals surface area (Å²) >= 11 is 0. The molecule has 1 spiro atoms. The first-order valence-corrected chi connectivity index (χ1v) is 13.3. The molecule has 2 aliphatic rings. The first-order valence-electron chi connectivity index (χ1n) is 10.4. The van der Waals surface area contributed by atoms with Crippen LogP contribution in [0.5, 0.6) is 0 Å². The fourth-order valence-electron chi connectivity index (χ4n) is 3.53. The summed E-state index contributed by atoms with van der Waals surface area (Å²) in [6.07, 6.45) is 2.64. The van der Waals surface area contributed by atoms with Crippen LogP contribution in [0, 0.1) is 0 Å². The summed E-state index contributed by atoms with van der Waals surface area (Å²) in [5, 5.41) is 0.151. The molecule has 0 aromatic heterocycles. The molecule has 3 rings (SSSR count). The van der Waals surface area contributed by atoms with Gasteiger partial charge in [0.1, 0.15) is 6.61 Å². The lowest BCUT2D eigenvalue weighted by Gasteiger charge is -2.51. The highest BCUT2D eigenvalue weighted by Gasteiger charge is 2.48. The van der Waals surface area contributed by atoms with Crippen molar-refractivity contribution in [1.82, 2.24) is 4.90 Å². The van der Waals surface area contributed by atoms with Crippen LogP contribution in [0.2, 0.25) is 18.1 Å². The molecule has 0 aliphatic carbocycles. The van der Waals surface area contributed by atoms with Crippen molar-refractivity contribution in [3.8, 4) is 0 Å². The number of ether oxygens (including phenoxy) is 2. The molecule has 1 amide bonds. The lowest BCUT2D eigenvalue weighted by Crippen LogP contribution is -2.61. The molecule has 0 bridgehead atoms. The van der Waals surface area contributed by atoms with Gasteiger partial charge in [-0.25, -0.2) is 4.79 Å². The summed E-state index contributed by atoms with van der Waals surface area (Å²) in [4.78, 5) is 14.8. The Hall–Kier alpha value is -1.37. The predicted octanol–water partition coefficient (Wildman–Crippen LogP) is 4.97. The first-order chi connectivity index (χ1) is 13.1. The van der Waals surface area contributed by atoms with E-state index in [9.17, 15) is 4.79 Å². The van der Waals surface area contributed by atoms with Gasteiger partial charge in [-0.1, -0.05) is 51.1 Å². The van der Waals surface area contributed by atoms with Crippen molar-refractivity contribution in [3.05, 3.63) is 35.9 Å². The lowest BCUT2D eigenvalue weighted by atomic mass is 9.83. The van der Waals surface area contributed by atoms with Crippen molar-refractivity contribution in [2.45, 2.75) is 76.4 Å². The maximum absolute atomic E-state index is 12.9. The third kappa shape index (κ3) is 4.78. The molecule has 2 atom stereocenters. The molecule has 156 valence electrons. The SMILES string of the molecule is CC(C)(C)[Si](C)(C)OC[C@@H]1CC[C@]2(CCO2)CN1C(=O)OCc1ccccc1. The maximum atomic E-state index is 12.9. The second kappa shape index (κ2) is 8.17. The zero-order chi connectivity index (χ0) is 20.4. The number of hydrogen-bond donors (Lipinski definition) is 0. The maximum Gasteiger partial charge on any atom is 0.410 e. The van der Waals surface area contributed by atoms with Gasteiger partial charge in [-0.3, -0.25) is 0 Å². The third-order valence-corrected chi connectivity index (χ3v) is 11.2. The number of likely N-dealkylation sites (tertiary alicyclic amines) is 1. The van der Waals surface area contributed by atoms with Gasteiger partial charge in [-0.2, -0.15) is 0 Å². The van der Waals surface area contributed by atoms with E-state index in [2.05, 4.69) is 33.9 Å². The topological polar surface area (TPSA) is 48.0 Å². The Kier molecular flexibility index (Phi) is 6.22. The highest BCUT2D eigenvalue weighted by molar-refractivity contribution is 6.74. The lowest BCUT2D eigenvalue weighted by molar-refractivity contribution is -0.182. The van der Waals surface area contributed by atoms with Crippen molar-refractivity contribution < 1.29 is 18.7 Å². The summed E-state index contributed by atoms with van der Waals surface area (Å²) in [6.45, 7) is 13.5. The number of carbonyl (C=O) groups is 1. The Morgan fingerprint density at radius 1 is 1.25 bits per heavy atom. The number of rotatable bonds is 5. The van der Waals surface area contributed by atoms with Crippen LogP contribution in [-0.2, 0) is 20.5 Å². The van der Waals surface area contributed by atoms with E-state index in [1.54, 1.807) is 0 Å². The quantitative estimate of drug-likeness (QED) is 0.649. The van der Waals surface area contributed by atoms with Crippen LogP contribution in [0.1, 0.15) is 45.6 Å². The van der Waals surface area contributed by atoms with Gasteiger partial charge in [-0.05, 0) is 36.5 Å². The standard InChI is InChI=1S/C22H35NO4Si/c1-21(2,3)28(4,5)27-16-19-11-12-22(13-14-26-22)17-23(19)20(24)25-15-18-9-7-6-8-10-18/h6-10,19H,11-17H2,1-5H3/t19-,22-/m0/s1. The summed E-state index contributed by atoms with van der Waals surface area (Å²) in [5.74, 6) is 0. The van der Waals surface area contributed by atoms with E-state index < -0.39 is 8.32 Å². The predicted molar refractivity (Wildman–Crippen MR) is 113 cm³/mol. The molecule has 28 heavy (non-hydrogen) atoms. The molecule has 2 heterocycles. The van der Waals surface area contributed by atoms with E-state index in [-0.39, 0.29) is 22.8 Å². The van der Waals surface area contributed by atoms with Crippen molar-refractivity contribution in [2.75, 3.05) is 19.8 Å². The van der Waals surface area contributed by atoms with E-state index in [0.717, 1.165) is 31.4 Å². The molecule has 0 saturated carbocycles. The minimum Gasteiger partial charge on any atom is -0.445 e. The molecule has 5 nitrogen and oxygen atoms in total. The van der Waals surface area contributed by atoms with Gasteiger partial charge in [0, 0.05) is 6.42 Å². The van der Waals surface area contributed by atoms with Crippen LogP contribution < -0.4 is 0 Å². The van der Waals surface area contributed by atoms with Crippen LogP contribution in [0.3, 0.4) is 0 Å². The van der Waals surface area contributed by atoms with E-state index in [0.29, 0.717) is 19.8 Å². The Labute approximate surface area is 170 Å². The van der Waals surface area contributed by atoms with Crippen molar-refractivity contribution >= 4 is 14.4 Å². The molecular weight excluding hydrogens is 370 g/mol. The Balaban J connectivity index is 1.64. The zero-order valence-corrected chi connectivity index (χ0v) is 19.0. The van der Waals surface area contributed by atoms with Crippen LogP contribution in [-0.4, -0.2) is 50.7 Å². The molecule has 1 aromatic rings. The number of hydrogen-bond acceptors (Lipinski definition) is 4. The average Bonchev–Trinajstić information content (AvgIpc) is 2.63. The summed E-state index contributed by atoms with van der Waals surface area (Å²) in [6, 6.07) is 9.86. The molecule has 2 aliphatic heterocycles. The largest absolute Gasteiger partial charge is 0.445 e.